The number of aromatic nitrogens is 1. The maximum Gasteiger partial charge on any atom is 0.0541 e. The van der Waals surface area contributed by atoms with Crippen LogP contribution in [0.25, 0.3) is 60.9 Å². The molecule has 0 bridgehead atoms. The summed E-state index contributed by atoms with van der Waals surface area (Å²) >= 11 is 0. The second-order valence-corrected chi connectivity index (χ2v) is 10.2. The summed E-state index contributed by atoms with van der Waals surface area (Å²) in [5.74, 6) is 0. The van der Waals surface area contributed by atoms with Crippen molar-refractivity contribution in [2.45, 2.75) is 6.42 Å². The Bertz CT molecular complexity index is 1990. The first-order chi connectivity index (χ1) is 18.8. The van der Waals surface area contributed by atoms with Crippen LogP contribution in [0.5, 0.6) is 0 Å². The van der Waals surface area contributed by atoms with Crippen molar-refractivity contribution in [3.05, 3.63) is 151 Å². The van der Waals surface area contributed by atoms with Crippen molar-refractivity contribution < 1.29 is 0 Å². The van der Waals surface area contributed by atoms with Gasteiger partial charge in [0.2, 0.25) is 0 Å². The zero-order valence-corrected chi connectivity index (χ0v) is 20.9. The van der Waals surface area contributed by atoms with E-state index in [-0.39, 0.29) is 0 Å². The molecule has 1 heterocycles. The Labute approximate surface area is 222 Å². The van der Waals surface area contributed by atoms with Crippen LogP contribution in [0.3, 0.4) is 0 Å². The van der Waals surface area contributed by atoms with E-state index in [9.17, 15) is 0 Å². The number of benzene rings is 6. The molecule has 178 valence electrons. The van der Waals surface area contributed by atoms with Crippen LogP contribution in [-0.4, -0.2) is 4.57 Å². The number of nitrogens with zero attached hydrogens (tertiary/aromatic N) is 1. The molecule has 6 aromatic carbocycles. The first-order valence-electron chi connectivity index (χ1n) is 13.2. The summed E-state index contributed by atoms with van der Waals surface area (Å²) in [6.45, 7) is 0. The second kappa shape index (κ2) is 8.33. The highest BCUT2D eigenvalue weighted by molar-refractivity contribution is 6.10. The Kier molecular flexibility index (Phi) is 4.65. The highest BCUT2D eigenvalue weighted by Gasteiger charge is 2.18. The Balaban J connectivity index is 1.25. The molecule has 0 fully saturated rings. The zero-order chi connectivity index (χ0) is 25.1. The van der Waals surface area contributed by atoms with Crippen LogP contribution < -0.4 is 0 Å². The molecule has 8 rings (SSSR count). The Morgan fingerprint density at radius 1 is 0.395 bits per heavy atom. The third-order valence-electron chi connectivity index (χ3n) is 8.01. The van der Waals surface area contributed by atoms with Gasteiger partial charge >= 0.3 is 0 Å². The lowest BCUT2D eigenvalue weighted by molar-refractivity contribution is 1.18. The fourth-order valence-corrected chi connectivity index (χ4v) is 6.19. The lowest BCUT2D eigenvalue weighted by atomic mass is 9.95. The molecule has 0 aliphatic heterocycles. The predicted molar refractivity (Wildman–Crippen MR) is 160 cm³/mol. The van der Waals surface area contributed by atoms with Crippen LogP contribution in [0.1, 0.15) is 11.1 Å². The van der Waals surface area contributed by atoms with Gasteiger partial charge in [-0.15, -0.1) is 0 Å². The first-order valence-corrected chi connectivity index (χ1v) is 13.2. The molecular weight excluding hydrogens is 458 g/mol. The first kappa shape index (κ1) is 21.2. The van der Waals surface area contributed by atoms with Gasteiger partial charge in [0.15, 0.2) is 0 Å². The molecule has 0 radical (unpaired) electrons. The fraction of sp³-hybridized carbons (Fsp3) is 0.0270. The minimum absolute atomic E-state index is 1.03. The van der Waals surface area contributed by atoms with E-state index in [0.29, 0.717) is 0 Å². The van der Waals surface area contributed by atoms with Gasteiger partial charge < -0.3 is 4.57 Å². The molecule has 1 heteroatoms. The third kappa shape index (κ3) is 3.26. The summed E-state index contributed by atoms with van der Waals surface area (Å²) in [6.07, 6.45) is 1.03. The molecule has 0 spiro atoms. The van der Waals surface area contributed by atoms with E-state index in [2.05, 4.69) is 144 Å². The molecule has 0 unspecified atom stereocenters. The van der Waals surface area contributed by atoms with E-state index in [1.54, 1.807) is 0 Å². The third-order valence-corrected chi connectivity index (χ3v) is 8.01. The van der Waals surface area contributed by atoms with Gasteiger partial charge in [0.1, 0.15) is 0 Å². The molecule has 1 aromatic heterocycles. The molecule has 0 saturated carbocycles. The highest BCUT2D eigenvalue weighted by Crippen LogP contribution is 2.40. The van der Waals surface area contributed by atoms with Crippen molar-refractivity contribution in [1.82, 2.24) is 4.57 Å². The monoisotopic (exact) mass is 483 g/mol. The van der Waals surface area contributed by atoms with Gasteiger partial charge in [-0.3, -0.25) is 0 Å². The minimum atomic E-state index is 1.03. The van der Waals surface area contributed by atoms with Gasteiger partial charge in [-0.05, 0) is 93.4 Å². The standard InChI is InChI=1S/C37H25N/c1-2-12-31(13-3-1)38-36-16-7-6-15-33(36)35-24-28(19-20-37(35)38)26-11-8-10-25(21-26)27-17-18-30-22-29-9-4-5-14-32(29)34(30)23-27/h1-21,23-24H,22H2. The SMILES string of the molecule is c1ccc(-n2c3ccccc3c3cc(-c4cccc(-c5ccc6c(c5)-c5ccccc5C6)c4)ccc32)cc1. The van der Waals surface area contributed by atoms with Crippen molar-refractivity contribution in [2.75, 3.05) is 0 Å². The predicted octanol–water partition coefficient (Wildman–Crippen LogP) is 9.69. The van der Waals surface area contributed by atoms with Gasteiger partial charge in [0, 0.05) is 16.5 Å². The smallest absolute Gasteiger partial charge is 0.0541 e. The van der Waals surface area contributed by atoms with Crippen molar-refractivity contribution >= 4 is 21.8 Å². The Morgan fingerprint density at radius 2 is 1.05 bits per heavy atom. The largest absolute Gasteiger partial charge is 0.309 e. The average Bonchev–Trinajstić information content (AvgIpc) is 3.53. The summed E-state index contributed by atoms with van der Waals surface area (Å²) in [7, 11) is 0. The van der Waals surface area contributed by atoms with Crippen LogP contribution in [0.4, 0.5) is 0 Å². The van der Waals surface area contributed by atoms with Crippen LogP contribution in [-0.2, 0) is 6.42 Å². The molecule has 0 atom stereocenters. The highest BCUT2D eigenvalue weighted by atomic mass is 15.0. The molecule has 0 amide bonds. The molecule has 0 N–H and O–H groups in total. The number of hydrogen-bond donors (Lipinski definition) is 0. The Hall–Kier alpha value is -4.88. The molecule has 1 nitrogen and oxygen atoms in total. The maximum absolute atomic E-state index is 2.37. The molecule has 7 aromatic rings. The Morgan fingerprint density at radius 3 is 1.95 bits per heavy atom. The van der Waals surface area contributed by atoms with Gasteiger partial charge in [-0.2, -0.15) is 0 Å². The van der Waals surface area contributed by atoms with Gasteiger partial charge in [0.25, 0.3) is 0 Å². The fourth-order valence-electron chi connectivity index (χ4n) is 6.19. The van der Waals surface area contributed by atoms with E-state index in [0.717, 1.165) is 6.42 Å². The van der Waals surface area contributed by atoms with Gasteiger partial charge in [-0.1, -0.05) is 97.1 Å². The maximum atomic E-state index is 2.37. The van der Waals surface area contributed by atoms with E-state index < -0.39 is 0 Å². The number of para-hydroxylation sites is 2. The minimum Gasteiger partial charge on any atom is -0.309 e. The summed E-state index contributed by atoms with van der Waals surface area (Å²) in [5.41, 5.74) is 14.2. The summed E-state index contributed by atoms with van der Waals surface area (Å²) in [4.78, 5) is 0. The normalized spacial score (nSPS) is 12.1. The van der Waals surface area contributed by atoms with E-state index in [1.807, 2.05) is 0 Å². The lowest BCUT2D eigenvalue weighted by Gasteiger charge is -2.10. The number of hydrogen-bond acceptors (Lipinski definition) is 0. The number of fused-ring (bicyclic) bond motifs is 6. The summed E-state index contributed by atoms with van der Waals surface area (Å²) < 4.78 is 2.37. The van der Waals surface area contributed by atoms with Crippen molar-refractivity contribution in [3.63, 3.8) is 0 Å². The van der Waals surface area contributed by atoms with E-state index >= 15 is 0 Å². The van der Waals surface area contributed by atoms with Crippen molar-refractivity contribution in [2.24, 2.45) is 0 Å². The van der Waals surface area contributed by atoms with Gasteiger partial charge in [-0.25, -0.2) is 0 Å². The zero-order valence-electron chi connectivity index (χ0n) is 20.9. The van der Waals surface area contributed by atoms with Crippen LogP contribution in [0.2, 0.25) is 0 Å². The molecule has 0 saturated heterocycles. The molecule has 1 aliphatic rings. The van der Waals surface area contributed by atoms with E-state index in [1.165, 1.54) is 72.0 Å². The van der Waals surface area contributed by atoms with Crippen molar-refractivity contribution in [3.8, 4) is 39.1 Å². The van der Waals surface area contributed by atoms with Crippen LogP contribution in [0, 0.1) is 0 Å². The molecular formula is C37H25N. The topological polar surface area (TPSA) is 4.93 Å². The van der Waals surface area contributed by atoms with Crippen LogP contribution in [0.15, 0.2) is 140 Å². The van der Waals surface area contributed by atoms with Crippen LogP contribution >= 0.6 is 0 Å². The van der Waals surface area contributed by atoms with E-state index in [4.69, 9.17) is 0 Å². The summed E-state index contributed by atoms with van der Waals surface area (Å²) in [5, 5.41) is 2.56. The van der Waals surface area contributed by atoms with Gasteiger partial charge in [0.05, 0.1) is 11.0 Å². The number of rotatable bonds is 3. The molecule has 38 heavy (non-hydrogen) atoms. The lowest BCUT2D eigenvalue weighted by Crippen LogP contribution is -1.92. The quantitative estimate of drug-likeness (QED) is 0.236. The van der Waals surface area contributed by atoms with Crippen molar-refractivity contribution in [1.29, 1.82) is 0 Å². The average molecular weight is 484 g/mol. The summed E-state index contributed by atoms with van der Waals surface area (Å²) in [6, 6.07) is 51.0. The molecule has 1 aliphatic carbocycles. The second-order valence-electron chi connectivity index (χ2n) is 10.2.